The third-order valence-electron chi connectivity index (χ3n) is 6.28. The summed E-state index contributed by atoms with van der Waals surface area (Å²) in [6.45, 7) is 2.21. The molecule has 0 spiro atoms. The zero-order chi connectivity index (χ0) is 23.5. The van der Waals surface area contributed by atoms with E-state index in [2.05, 4.69) is 5.16 Å². The SMILES string of the molecule is Cc1onc(-c2ccccc2)c1COc1cccc(-c2cccc(OC3(C(=O)O)CCC3)c2)c1. The first-order chi connectivity index (χ1) is 16.5. The van der Waals surface area contributed by atoms with E-state index in [0.717, 1.165) is 40.1 Å². The van der Waals surface area contributed by atoms with E-state index in [1.54, 1.807) is 6.07 Å². The second-order valence-electron chi connectivity index (χ2n) is 8.53. The highest BCUT2D eigenvalue weighted by Gasteiger charge is 2.47. The zero-order valence-corrected chi connectivity index (χ0v) is 18.9. The molecule has 1 N–H and O–H groups in total. The molecule has 1 saturated carbocycles. The van der Waals surface area contributed by atoms with Crippen molar-refractivity contribution in [3.8, 4) is 33.9 Å². The van der Waals surface area contributed by atoms with Crippen molar-refractivity contribution in [1.82, 2.24) is 5.16 Å². The second-order valence-corrected chi connectivity index (χ2v) is 8.53. The molecule has 1 aliphatic rings. The largest absolute Gasteiger partial charge is 0.489 e. The molecular formula is C28H25NO5. The maximum absolute atomic E-state index is 11.7. The van der Waals surface area contributed by atoms with Gasteiger partial charge in [-0.25, -0.2) is 4.79 Å². The van der Waals surface area contributed by atoms with Gasteiger partial charge < -0.3 is 19.1 Å². The smallest absolute Gasteiger partial charge is 0.348 e. The van der Waals surface area contributed by atoms with Crippen LogP contribution in [0.1, 0.15) is 30.6 Å². The van der Waals surface area contributed by atoms with E-state index in [0.29, 0.717) is 30.9 Å². The van der Waals surface area contributed by atoms with Crippen molar-refractivity contribution in [3.05, 3.63) is 90.2 Å². The molecule has 4 aromatic rings. The summed E-state index contributed by atoms with van der Waals surface area (Å²) in [6.07, 6.45) is 1.93. The van der Waals surface area contributed by atoms with Gasteiger partial charge in [0.25, 0.3) is 0 Å². The lowest BCUT2D eigenvalue weighted by Crippen LogP contribution is -2.50. The van der Waals surface area contributed by atoms with E-state index >= 15 is 0 Å². The van der Waals surface area contributed by atoms with Gasteiger partial charge in [-0.1, -0.05) is 59.8 Å². The van der Waals surface area contributed by atoms with Gasteiger partial charge in [-0.15, -0.1) is 0 Å². The van der Waals surface area contributed by atoms with Gasteiger partial charge in [0, 0.05) is 5.56 Å². The van der Waals surface area contributed by atoms with E-state index < -0.39 is 11.6 Å². The first kappa shape index (κ1) is 21.8. The van der Waals surface area contributed by atoms with Crippen LogP contribution in [0.3, 0.4) is 0 Å². The Bertz CT molecular complexity index is 1310. The van der Waals surface area contributed by atoms with Crippen LogP contribution in [0.5, 0.6) is 11.5 Å². The van der Waals surface area contributed by atoms with Crippen molar-refractivity contribution in [3.63, 3.8) is 0 Å². The summed E-state index contributed by atoms with van der Waals surface area (Å²) in [4.78, 5) is 11.7. The van der Waals surface area contributed by atoms with Crippen molar-refractivity contribution >= 4 is 5.97 Å². The number of rotatable bonds is 8. The van der Waals surface area contributed by atoms with Gasteiger partial charge in [0.1, 0.15) is 29.6 Å². The Morgan fingerprint density at radius 3 is 2.24 bits per heavy atom. The number of carboxylic acids is 1. The standard InChI is InChI=1S/C28H25NO5/c1-19-25(26(29-34-19)20-8-3-2-4-9-20)18-32-23-12-5-10-21(16-23)22-11-6-13-24(17-22)33-28(27(30)31)14-7-15-28/h2-6,8-13,16-17H,7,14-15,18H2,1H3,(H,30,31). The topological polar surface area (TPSA) is 81.8 Å². The molecule has 3 aromatic carbocycles. The number of aryl methyl sites for hydroxylation is 1. The molecule has 0 bridgehead atoms. The van der Waals surface area contributed by atoms with Gasteiger partial charge in [-0.2, -0.15) is 0 Å². The average molecular weight is 456 g/mol. The number of aliphatic carboxylic acids is 1. The van der Waals surface area contributed by atoms with Crippen LogP contribution in [0, 0.1) is 6.92 Å². The van der Waals surface area contributed by atoms with Crippen LogP contribution < -0.4 is 9.47 Å². The van der Waals surface area contributed by atoms with Crippen molar-refractivity contribution in [2.24, 2.45) is 0 Å². The minimum absolute atomic E-state index is 0.327. The predicted octanol–water partition coefficient (Wildman–Crippen LogP) is 6.28. The molecule has 1 heterocycles. The van der Waals surface area contributed by atoms with Crippen molar-refractivity contribution in [2.75, 3.05) is 0 Å². The fraction of sp³-hybridized carbons (Fsp3) is 0.214. The van der Waals surface area contributed by atoms with E-state index in [1.165, 1.54) is 0 Å². The van der Waals surface area contributed by atoms with Crippen LogP contribution >= 0.6 is 0 Å². The van der Waals surface area contributed by atoms with Crippen LogP contribution in [-0.4, -0.2) is 21.8 Å². The number of carboxylic acid groups (broad SMARTS) is 1. The molecule has 1 fully saturated rings. The number of aromatic nitrogens is 1. The molecule has 0 atom stereocenters. The van der Waals surface area contributed by atoms with Crippen LogP contribution in [0.4, 0.5) is 0 Å². The van der Waals surface area contributed by atoms with Crippen molar-refractivity contribution < 1.29 is 23.9 Å². The van der Waals surface area contributed by atoms with Crippen LogP contribution in [0.25, 0.3) is 22.4 Å². The van der Waals surface area contributed by atoms with Gasteiger partial charge in [-0.3, -0.25) is 0 Å². The lowest BCUT2D eigenvalue weighted by atomic mass is 9.80. The molecule has 0 aliphatic heterocycles. The molecule has 0 radical (unpaired) electrons. The highest BCUT2D eigenvalue weighted by molar-refractivity contribution is 5.79. The summed E-state index contributed by atoms with van der Waals surface area (Å²) in [6, 6.07) is 25.2. The Morgan fingerprint density at radius 1 is 0.941 bits per heavy atom. The van der Waals surface area contributed by atoms with Gasteiger partial charge in [0.2, 0.25) is 5.60 Å². The van der Waals surface area contributed by atoms with Gasteiger partial charge >= 0.3 is 5.97 Å². The number of hydrogen-bond acceptors (Lipinski definition) is 5. The molecule has 5 rings (SSSR count). The maximum Gasteiger partial charge on any atom is 0.348 e. The Labute approximate surface area is 197 Å². The number of carbonyl (C=O) groups is 1. The maximum atomic E-state index is 11.7. The molecule has 1 aromatic heterocycles. The minimum Gasteiger partial charge on any atom is -0.489 e. The number of ether oxygens (including phenoxy) is 2. The van der Waals surface area contributed by atoms with E-state index in [-0.39, 0.29) is 0 Å². The van der Waals surface area contributed by atoms with Gasteiger partial charge in [-0.05, 0) is 61.6 Å². The summed E-state index contributed by atoms with van der Waals surface area (Å²) in [7, 11) is 0. The molecule has 172 valence electrons. The Hall–Kier alpha value is -4.06. The molecular weight excluding hydrogens is 430 g/mol. The van der Waals surface area contributed by atoms with Crippen LogP contribution in [-0.2, 0) is 11.4 Å². The first-order valence-corrected chi connectivity index (χ1v) is 11.3. The third kappa shape index (κ3) is 4.27. The van der Waals surface area contributed by atoms with Crippen molar-refractivity contribution in [1.29, 1.82) is 0 Å². The highest BCUT2D eigenvalue weighted by Crippen LogP contribution is 2.38. The van der Waals surface area contributed by atoms with Crippen LogP contribution in [0.2, 0.25) is 0 Å². The molecule has 1 aliphatic carbocycles. The quantitative estimate of drug-likeness (QED) is 0.337. The summed E-state index contributed by atoms with van der Waals surface area (Å²) in [5, 5.41) is 13.8. The second kappa shape index (κ2) is 9.06. The van der Waals surface area contributed by atoms with Gasteiger partial charge in [0.05, 0.1) is 5.56 Å². The molecule has 6 nitrogen and oxygen atoms in total. The van der Waals surface area contributed by atoms with Crippen molar-refractivity contribution in [2.45, 2.75) is 38.4 Å². The summed E-state index contributed by atoms with van der Waals surface area (Å²) >= 11 is 0. The van der Waals surface area contributed by atoms with Gasteiger partial charge in [0.15, 0.2) is 0 Å². The lowest BCUT2D eigenvalue weighted by molar-refractivity contribution is -0.163. The Kier molecular flexibility index (Phi) is 5.80. The Morgan fingerprint density at radius 2 is 1.59 bits per heavy atom. The van der Waals surface area contributed by atoms with E-state index in [4.69, 9.17) is 14.0 Å². The van der Waals surface area contributed by atoms with E-state index in [9.17, 15) is 9.90 Å². The molecule has 0 amide bonds. The highest BCUT2D eigenvalue weighted by atomic mass is 16.5. The minimum atomic E-state index is -1.10. The lowest BCUT2D eigenvalue weighted by Gasteiger charge is -2.37. The molecule has 6 heteroatoms. The fourth-order valence-corrected chi connectivity index (χ4v) is 4.13. The monoisotopic (exact) mass is 455 g/mol. The molecule has 0 saturated heterocycles. The normalized spacial score (nSPS) is 14.3. The average Bonchev–Trinajstić information content (AvgIpc) is 3.21. The predicted molar refractivity (Wildman–Crippen MR) is 128 cm³/mol. The summed E-state index contributed by atoms with van der Waals surface area (Å²) in [5.41, 5.74) is 3.44. The zero-order valence-electron chi connectivity index (χ0n) is 18.9. The number of benzene rings is 3. The molecule has 34 heavy (non-hydrogen) atoms. The summed E-state index contributed by atoms with van der Waals surface area (Å²) < 4.78 is 17.5. The molecule has 0 unspecified atom stereocenters. The Balaban J connectivity index is 1.34. The number of nitrogens with zero attached hydrogens (tertiary/aromatic N) is 1. The van der Waals surface area contributed by atoms with Crippen LogP contribution in [0.15, 0.2) is 83.4 Å². The third-order valence-corrected chi connectivity index (χ3v) is 6.28. The fourth-order valence-electron chi connectivity index (χ4n) is 4.13. The first-order valence-electron chi connectivity index (χ1n) is 11.3. The number of hydrogen-bond donors (Lipinski definition) is 1. The van der Waals surface area contributed by atoms with E-state index in [1.807, 2.05) is 79.7 Å². The summed E-state index contributed by atoms with van der Waals surface area (Å²) in [5.74, 6) is 1.09.